The second-order valence-corrected chi connectivity index (χ2v) is 6.68. The van der Waals surface area contributed by atoms with E-state index in [-0.39, 0.29) is 22.5 Å². The zero-order chi connectivity index (χ0) is 24.8. The van der Waals surface area contributed by atoms with Crippen LogP contribution in [-0.2, 0) is 0 Å². The Bertz CT molecular complexity index is 1200. The number of oxazole rings is 2. The summed E-state index contributed by atoms with van der Waals surface area (Å²) in [7, 11) is 2.97. The average Bonchev–Trinajstić information content (AvgIpc) is 3.53. The molecule has 0 aliphatic rings. The molecule has 0 atom stereocenters. The lowest BCUT2D eigenvalue weighted by Crippen LogP contribution is -2.13. The van der Waals surface area contributed by atoms with Gasteiger partial charge in [0.05, 0.1) is 48.9 Å². The van der Waals surface area contributed by atoms with Gasteiger partial charge >= 0.3 is 5.97 Å². The summed E-state index contributed by atoms with van der Waals surface area (Å²) in [6.45, 7) is 0. The van der Waals surface area contributed by atoms with Gasteiger partial charge in [-0.3, -0.25) is 4.79 Å². The summed E-state index contributed by atoms with van der Waals surface area (Å²) in [6.07, 6.45) is 5.53. The Labute approximate surface area is 192 Å². The number of primary amides is 1. The van der Waals surface area contributed by atoms with Crippen LogP contribution in [-0.4, -0.2) is 41.2 Å². The number of carbonyl (C=O) groups excluding carboxylic acids is 1. The smallest absolute Gasteiger partial charge is 0.337 e. The summed E-state index contributed by atoms with van der Waals surface area (Å²) in [4.78, 5) is 29.7. The number of nitrogens with zero attached hydrogens (tertiary/aromatic N) is 2. The molecule has 12 heteroatoms. The molecule has 0 spiro atoms. The fraction of sp³-hybridized carbons (Fsp3) is 0.0909. The number of carboxylic acids is 1. The van der Waals surface area contributed by atoms with Gasteiger partial charge in [0.2, 0.25) is 0 Å². The molecule has 0 aliphatic heterocycles. The third kappa shape index (κ3) is 4.91. The van der Waals surface area contributed by atoms with Crippen LogP contribution in [0.5, 0.6) is 11.5 Å². The van der Waals surface area contributed by atoms with E-state index in [9.17, 15) is 9.59 Å². The maximum absolute atomic E-state index is 11.2. The third-order valence-electron chi connectivity index (χ3n) is 4.63. The number of benzene rings is 2. The van der Waals surface area contributed by atoms with Crippen LogP contribution in [0.3, 0.4) is 0 Å². The molecule has 0 radical (unpaired) electrons. The normalized spacial score (nSPS) is 10.2. The first-order valence-electron chi connectivity index (χ1n) is 9.52. The molecule has 34 heavy (non-hydrogen) atoms. The highest BCUT2D eigenvalue weighted by Crippen LogP contribution is 2.34. The van der Waals surface area contributed by atoms with Gasteiger partial charge in [-0.05, 0) is 12.1 Å². The van der Waals surface area contributed by atoms with Crippen molar-refractivity contribution in [2.75, 3.05) is 25.7 Å². The minimum atomic E-state index is -1.11. The van der Waals surface area contributed by atoms with E-state index >= 15 is 0 Å². The number of hydrogen-bond donors (Lipinski definition) is 4. The van der Waals surface area contributed by atoms with Crippen LogP contribution in [0.4, 0.5) is 11.4 Å². The highest BCUT2D eigenvalue weighted by Gasteiger charge is 2.17. The van der Waals surface area contributed by atoms with Crippen LogP contribution in [0.2, 0.25) is 0 Å². The van der Waals surface area contributed by atoms with Crippen LogP contribution < -0.4 is 26.7 Å². The molecule has 4 rings (SSSR count). The Hall–Kier alpha value is -5.00. The summed E-state index contributed by atoms with van der Waals surface area (Å²) >= 11 is 0. The number of nitrogens with two attached hydrogens (primary N) is 3. The molecule has 4 aromatic rings. The van der Waals surface area contributed by atoms with Gasteiger partial charge in [-0.1, -0.05) is 0 Å². The number of ether oxygens (including phenoxy) is 2. The topological polar surface area (TPSA) is 203 Å². The quantitative estimate of drug-likeness (QED) is 0.303. The highest BCUT2D eigenvalue weighted by atomic mass is 16.5. The Kier molecular flexibility index (Phi) is 7.01. The molecular formula is C22H21N5O7. The molecule has 0 unspecified atom stereocenters. The van der Waals surface area contributed by atoms with E-state index in [0.29, 0.717) is 34.1 Å². The summed E-state index contributed by atoms with van der Waals surface area (Å²) in [6, 6.07) is 5.90. The number of amides is 1. The monoisotopic (exact) mass is 467 g/mol. The fourth-order valence-corrected chi connectivity index (χ4v) is 3.01. The predicted molar refractivity (Wildman–Crippen MR) is 121 cm³/mol. The van der Waals surface area contributed by atoms with Gasteiger partial charge < -0.3 is 40.6 Å². The predicted octanol–water partition coefficient (Wildman–Crippen LogP) is 2.66. The Morgan fingerprint density at radius 3 is 1.62 bits per heavy atom. The number of aromatic carboxylic acids is 1. The first-order valence-corrected chi connectivity index (χ1v) is 9.52. The van der Waals surface area contributed by atoms with Gasteiger partial charge in [0.15, 0.2) is 24.3 Å². The molecular weight excluding hydrogens is 446 g/mol. The van der Waals surface area contributed by atoms with Gasteiger partial charge in [-0.25, -0.2) is 14.8 Å². The molecule has 12 nitrogen and oxygen atoms in total. The lowest BCUT2D eigenvalue weighted by atomic mass is 10.1. The van der Waals surface area contributed by atoms with Gasteiger partial charge in [0.1, 0.15) is 11.5 Å². The van der Waals surface area contributed by atoms with Gasteiger partial charge in [0, 0.05) is 23.5 Å². The average molecular weight is 467 g/mol. The number of hydrogen-bond acceptors (Lipinski definition) is 10. The summed E-state index contributed by atoms with van der Waals surface area (Å²) in [5.74, 6) is 0.110. The third-order valence-corrected chi connectivity index (χ3v) is 4.63. The van der Waals surface area contributed by atoms with Gasteiger partial charge in [-0.2, -0.15) is 0 Å². The van der Waals surface area contributed by atoms with Crippen molar-refractivity contribution in [1.82, 2.24) is 9.97 Å². The highest BCUT2D eigenvalue weighted by molar-refractivity contribution is 6.00. The SMILES string of the molecule is COc1cc(N)c(C(=O)O)cc1-c1cnco1.COc1cc(N)c(C(N)=O)cc1-c1cnco1. The molecule has 7 N–H and O–H groups in total. The van der Waals surface area contributed by atoms with E-state index in [1.807, 2.05) is 0 Å². The lowest BCUT2D eigenvalue weighted by molar-refractivity contribution is 0.0697. The first kappa shape index (κ1) is 23.7. The minimum Gasteiger partial charge on any atom is -0.496 e. The molecule has 0 aliphatic carbocycles. The number of anilines is 2. The second kappa shape index (κ2) is 10.1. The first-order chi connectivity index (χ1) is 16.3. The fourth-order valence-electron chi connectivity index (χ4n) is 3.01. The van der Waals surface area contributed by atoms with Crippen LogP contribution in [0, 0.1) is 0 Å². The van der Waals surface area contributed by atoms with E-state index in [2.05, 4.69) is 9.97 Å². The van der Waals surface area contributed by atoms with Crippen molar-refractivity contribution in [1.29, 1.82) is 0 Å². The van der Waals surface area contributed by atoms with E-state index in [1.54, 1.807) is 0 Å². The molecule has 1 amide bonds. The Morgan fingerprint density at radius 2 is 1.26 bits per heavy atom. The number of carboxylic acid groups (broad SMARTS) is 1. The minimum absolute atomic E-state index is 0.00259. The van der Waals surface area contributed by atoms with Crippen LogP contribution >= 0.6 is 0 Å². The van der Waals surface area contributed by atoms with Gasteiger partial charge in [-0.15, -0.1) is 0 Å². The van der Waals surface area contributed by atoms with E-state index in [0.717, 1.165) is 0 Å². The Morgan fingerprint density at radius 1 is 0.824 bits per heavy atom. The molecule has 0 fully saturated rings. The number of rotatable bonds is 6. The maximum atomic E-state index is 11.2. The number of nitrogen functional groups attached to an aromatic ring is 2. The molecule has 2 heterocycles. The van der Waals surface area contributed by atoms with E-state index < -0.39 is 11.9 Å². The summed E-state index contributed by atoms with van der Waals surface area (Å²) in [5.41, 5.74) is 18.2. The van der Waals surface area contributed by atoms with Crippen molar-refractivity contribution in [2.45, 2.75) is 0 Å². The van der Waals surface area contributed by atoms with E-state index in [4.69, 9.17) is 40.6 Å². The molecule has 0 saturated heterocycles. The van der Waals surface area contributed by atoms with Crippen molar-refractivity contribution in [3.63, 3.8) is 0 Å². The summed E-state index contributed by atoms with van der Waals surface area (Å²) < 4.78 is 20.6. The van der Waals surface area contributed by atoms with Crippen LogP contribution in [0.15, 0.2) is 58.3 Å². The second-order valence-electron chi connectivity index (χ2n) is 6.68. The van der Waals surface area contributed by atoms with E-state index in [1.165, 1.54) is 63.7 Å². The largest absolute Gasteiger partial charge is 0.496 e. The zero-order valence-electron chi connectivity index (χ0n) is 18.1. The van der Waals surface area contributed by atoms with Gasteiger partial charge in [0.25, 0.3) is 5.91 Å². The number of methoxy groups -OCH3 is 2. The lowest BCUT2D eigenvalue weighted by Gasteiger charge is -2.09. The van der Waals surface area contributed by atoms with Crippen molar-refractivity contribution in [3.05, 3.63) is 60.6 Å². The van der Waals surface area contributed by atoms with Crippen molar-refractivity contribution in [3.8, 4) is 34.1 Å². The molecule has 0 saturated carbocycles. The molecule has 0 bridgehead atoms. The van der Waals surface area contributed by atoms with Crippen LogP contribution in [0.25, 0.3) is 22.6 Å². The van der Waals surface area contributed by atoms with Crippen molar-refractivity contribution >= 4 is 23.3 Å². The zero-order valence-corrected chi connectivity index (χ0v) is 18.1. The van der Waals surface area contributed by atoms with Crippen molar-refractivity contribution < 1.29 is 33.0 Å². The standard InChI is InChI=1S/C11H11N3O3.C11H10N2O4/c1-16-9-3-8(12)6(11(13)15)2-7(9)10-4-14-5-17-10;1-16-9-3-8(12)6(11(14)15)2-7(9)10-4-13-5-17-10/h2-5H,12H2,1H3,(H2,13,15);2-5H,12H2,1H3,(H,14,15). The van der Waals surface area contributed by atoms with Crippen LogP contribution in [0.1, 0.15) is 20.7 Å². The molecule has 2 aromatic heterocycles. The summed E-state index contributed by atoms with van der Waals surface area (Å²) in [5, 5.41) is 8.98. The molecule has 176 valence electrons. The number of aromatic nitrogens is 2. The Balaban J connectivity index is 0.000000191. The molecule has 2 aromatic carbocycles. The maximum Gasteiger partial charge on any atom is 0.337 e. The van der Waals surface area contributed by atoms with Crippen molar-refractivity contribution in [2.24, 2.45) is 5.73 Å². The number of carbonyl (C=O) groups is 2.